The second-order valence-electron chi connectivity index (χ2n) is 7.09. The molecule has 1 fully saturated rings. The number of hydrogen-bond acceptors (Lipinski definition) is 2. The Morgan fingerprint density at radius 2 is 1.95 bits per heavy atom. The van der Waals surface area contributed by atoms with E-state index in [0.717, 1.165) is 19.5 Å². The normalized spacial score (nSPS) is 20.2. The van der Waals surface area contributed by atoms with Gasteiger partial charge in [0.1, 0.15) is 5.60 Å². The average molecular weight is 273 g/mol. The van der Waals surface area contributed by atoms with Crippen LogP contribution in [-0.2, 0) is 16.6 Å². The molecule has 20 heavy (non-hydrogen) atoms. The maximum absolute atomic E-state index is 12.3. The minimum absolute atomic E-state index is 0.170. The van der Waals surface area contributed by atoms with Crippen LogP contribution in [0.25, 0.3) is 0 Å². The first-order chi connectivity index (χ1) is 9.40. The molecule has 1 aromatic carbocycles. The minimum atomic E-state index is -0.424. The molecule has 0 atom stereocenters. The van der Waals surface area contributed by atoms with Crippen molar-refractivity contribution in [1.82, 2.24) is 4.90 Å². The Morgan fingerprint density at radius 1 is 1.25 bits per heavy atom. The predicted molar refractivity (Wildman–Crippen MR) is 78.9 cm³/mol. The van der Waals surface area contributed by atoms with Crippen molar-refractivity contribution in [2.75, 3.05) is 13.1 Å². The van der Waals surface area contributed by atoms with E-state index in [1.54, 1.807) is 0 Å². The second kappa shape index (κ2) is 4.51. The summed E-state index contributed by atoms with van der Waals surface area (Å²) >= 11 is 0. The Bertz CT molecular complexity index is 526. The van der Waals surface area contributed by atoms with Crippen molar-refractivity contribution in [2.45, 2.75) is 51.0 Å². The third kappa shape index (κ3) is 2.54. The Hall–Kier alpha value is -1.51. The van der Waals surface area contributed by atoms with Gasteiger partial charge in [-0.05, 0) is 51.2 Å². The van der Waals surface area contributed by atoms with Crippen LogP contribution in [0.2, 0.25) is 0 Å². The van der Waals surface area contributed by atoms with Crippen LogP contribution in [0.3, 0.4) is 0 Å². The fourth-order valence-corrected chi connectivity index (χ4v) is 3.10. The average Bonchev–Trinajstić information content (AvgIpc) is 3.15. The maximum atomic E-state index is 12.3. The van der Waals surface area contributed by atoms with Crippen LogP contribution < -0.4 is 0 Å². The zero-order valence-electron chi connectivity index (χ0n) is 12.6. The number of hydrogen-bond donors (Lipinski definition) is 0. The van der Waals surface area contributed by atoms with Crippen LogP contribution in [0.5, 0.6) is 0 Å². The summed E-state index contributed by atoms with van der Waals surface area (Å²) in [5, 5.41) is 0. The second-order valence-corrected chi connectivity index (χ2v) is 7.09. The van der Waals surface area contributed by atoms with E-state index in [1.807, 2.05) is 25.7 Å². The van der Waals surface area contributed by atoms with Crippen molar-refractivity contribution in [1.29, 1.82) is 0 Å². The standard InChI is InChI=1S/C17H23NO2/c1-16(2,3)20-15(19)18-11-8-13-6-4-5-7-14(13)17(12-18)9-10-17/h4-7H,8-12H2,1-3H3. The molecule has 0 N–H and O–H groups in total. The number of carbonyl (C=O) groups excluding carboxylic acids is 1. The van der Waals surface area contributed by atoms with Gasteiger partial charge in [0.15, 0.2) is 0 Å². The first kappa shape index (κ1) is 13.5. The summed E-state index contributed by atoms with van der Waals surface area (Å²) in [4.78, 5) is 14.2. The SMILES string of the molecule is CC(C)(C)OC(=O)N1CCc2ccccc2C2(CC2)C1. The monoisotopic (exact) mass is 273 g/mol. The Kier molecular flexibility index (Phi) is 3.03. The lowest BCUT2D eigenvalue weighted by molar-refractivity contribution is 0.0240. The van der Waals surface area contributed by atoms with Gasteiger partial charge in [0, 0.05) is 18.5 Å². The van der Waals surface area contributed by atoms with E-state index in [1.165, 1.54) is 24.0 Å². The highest BCUT2D eigenvalue weighted by Gasteiger charge is 2.48. The first-order valence-corrected chi connectivity index (χ1v) is 7.46. The molecule has 2 aliphatic rings. The van der Waals surface area contributed by atoms with Gasteiger partial charge in [0.25, 0.3) is 0 Å². The highest BCUT2D eigenvalue weighted by molar-refractivity contribution is 5.69. The molecule has 0 radical (unpaired) electrons. The fourth-order valence-electron chi connectivity index (χ4n) is 3.10. The summed E-state index contributed by atoms with van der Waals surface area (Å²) in [5.41, 5.74) is 2.62. The number of ether oxygens (including phenoxy) is 1. The molecule has 3 rings (SSSR count). The van der Waals surface area contributed by atoms with Gasteiger partial charge in [-0.25, -0.2) is 4.79 Å². The summed E-state index contributed by atoms with van der Waals surface area (Å²) in [5.74, 6) is 0. The molecule has 0 saturated heterocycles. The van der Waals surface area contributed by atoms with Crippen molar-refractivity contribution in [2.24, 2.45) is 0 Å². The number of carbonyl (C=O) groups is 1. The molecule has 1 aliphatic heterocycles. The topological polar surface area (TPSA) is 29.5 Å². The van der Waals surface area contributed by atoms with Crippen LogP contribution >= 0.6 is 0 Å². The van der Waals surface area contributed by atoms with E-state index in [4.69, 9.17) is 4.74 Å². The Labute approximate surface area is 120 Å². The number of fused-ring (bicyclic) bond motifs is 2. The van der Waals surface area contributed by atoms with Gasteiger partial charge in [-0.2, -0.15) is 0 Å². The van der Waals surface area contributed by atoms with E-state index in [-0.39, 0.29) is 11.5 Å². The van der Waals surface area contributed by atoms with E-state index in [9.17, 15) is 4.79 Å². The van der Waals surface area contributed by atoms with Crippen LogP contribution in [-0.4, -0.2) is 29.7 Å². The molecule has 1 aliphatic carbocycles. The van der Waals surface area contributed by atoms with Crippen molar-refractivity contribution >= 4 is 6.09 Å². The summed E-state index contributed by atoms with van der Waals surface area (Å²) in [6.45, 7) is 7.33. The fraction of sp³-hybridized carbons (Fsp3) is 0.588. The van der Waals surface area contributed by atoms with Gasteiger partial charge in [0.05, 0.1) is 0 Å². The highest BCUT2D eigenvalue weighted by atomic mass is 16.6. The highest BCUT2D eigenvalue weighted by Crippen LogP contribution is 2.51. The lowest BCUT2D eigenvalue weighted by atomic mass is 9.91. The molecule has 1 aromatic rings. The lowest BCUT2D eigenvalue weighted by Gasteiger charge is -2.28. The zero-order chi connectivity index (χ0) is 14.4. The summed E-state index contributed by atoms with van der Waals surface area (Å²) in [6.07, 6.45) is 3.13. The Morgan fingerprint density at radius 3 is 2.60 bits per heavy atom. The van der Waals surface area contributed by atoms with Crippen LogP contribution in [0, 0.1) is 0 Å². The van der Waals surface area contributed by atoms with E-state index in [2.05, 4.69) is 24.3 Å². The van der Waals surface area contributed by atoms with Gasteiger partial charge in [-0.15, -0.1) is 0 Å². The minimum Gasteiger partial charge on any atom is -0.444 e. The molecule has 3 nitrogen and oxygen atoms in total. The third-order valence-electron chi connectivity index (χ3n) is 4.24. The van der Waals surface area contributed by atoms with Crippen LogP contribution in [0.4, 0.5) is 4.79 Å². The zero-order valence-corrected chi connectivity index (χ0v) is 12.6. The quantitative estimate of drug-likeness (QED) is 0.724. The molecule has 1 heterocycles. The van der Waals surface area contributed by atoms with Crippen molar-refractivity contribution in [3.63, 3.8) is 0 Å². The van der Waals surface area contributed by atoms with Crippen molar-refractivity contribution in [3.05, 3.63) is 35.4 Å². The molecule has 3 heteroatoms. The molecule has 1 saturated carbocycles. The summed E-state index contributed by atoms with van der Waals surface area (Å²) in [6, 6.07) is 8.65. The van der Waals surface area contributed by atoms with Crippen molar-refractivity contribution in [3.8, 4) is 0 Å². The molecule has 108 valence electrons. The molecule has 0 unspecified atom stereocenters. The number of amides is 1. The third-order valence-corrected chi connectivity index (χ3v) is 4.24. The molecular formula is C17H23NO2. The largest absolute Gasteiger partial charge is 0.444 e. The first-order valence-electron chi connectivity index (χ1n) is 7.46. The smallest absolute Gasteiger partial charge is 0.410 e. The number of rotatable bonds is 0. The lowest BCUT2D eigenvalue weighted by Crippen LogP contribution is -2.40. The molecule has 0 bridgehead atoms. The van der Waals surface area contributed by atoms with E-state index >= 15 is 0 Å². The van der Waals surface area contributed by atoms with Crippen LogP contribution in [0.1, 0.15) is 44.7 Å². The van der Waals surface area contributed by atoms with Gasteiger partial charge >= 0.3 is 6.09 Å². The predicted octanol–water partition coefficient (Wildman–Crippen LogP) is 3.51. The number of nitrogens with zero attached hydrogens (tertiary/aromatic N) is 1. The molecular weight excluding hydrogens is 250 g/mol. The van der Waals surface area contributed by atoms with E-state index in [0.29, 0.717) is 0 Å². The Balaban J connectivity index is 1.81. The van der Waals surface area contributed by atoms with E-state index < -0.39 is 5.60 Å². The summed E-state index contributed by atoms with van der Waals surface area (Å²) in [7, 11) is 0. The van der Waals surface area contributed by atoms with Gasteiger partial charge in [0.2, 0.25) is 0 Å². The van der Waals surface area contributed by atoms with Crippen LogP contribution in [0.15, 0.2) is 24.3 Å². The van der Waals surface area contributed by atoms with Gasteiger partial charge < -0.3 is 9.64 Å². The van der Waals surface area contributed by atoms with Gasteiger partial charge in [-0.3, -0.25) is 0 Å². The maximum Gasteiger partial charge on any atom is 0.410 e. The summed E-state index contributed by atoms with van der Waals surface area (Å²) < 4.78 is 5.54. The van der Waals surface area contributed by atoms with Crippen molar-refractivity contribution < 1.29 is 9.53 Å². The number of benzene rings is 1. The molecule has 1 amide bonds. The molecule has 1 spiro atoms. The molecule has 0 aromatic heterocycles. The van der Waals surface area contributed by atoms with Gasteiger partial charge in [-0.1, -0.05) is 24.3 Å².